The van der Waals surface area contributed by atoms with Crippen molar-refractivity contribution in [3.8, 4) is 0 Å². The van der Waals surface area contributed by atoms with Crippen molar-refractivity contribution in [1.29, 1.82) is 0 Å². The number of amides is 1. The van der Waals surface area contributed by atoms with Gasteiger partial charge in [0.1, 0.15) is 5.15 Å². The van der Waals surface area contributed by atoms with Crippen LogP contribution in [0.25, 0.3) is 0 Å². The number of carbonyl (C=O) groups excluding carboxylic acids is 1. The zero-order valence-electron chi connectivity index (χ0n) is 15.0. The minimum Gasteiger partial charge on any atom is -0.325 e. The fraction of sp³-hybridized carbons (Fsp3) is 0.412. The van der Waals surface area contributed by atoms with Gasteiger partial charge in [-0.05, 0) is 25.5 Å². The molecule has 0 spiro atoms. The lowest BCUT2D eigenvalue weighted by Crippen LogP contribution is -2.28. The Kier molecular flexibility index (Phi) is 6.01. The standard InChI is InChI=1S/C17H19ClF2N4O3S/c1-10-13(17(18)24(23-10)12-4-5-28(26,27)9-12)7-21-8-16(25)22-11-2-3-14(19)15(20)6-11/h2-3,6,12,21H,4-5,7-9H2,1H3,(H,22,25). The van der Waals surface area contributed by atoms with Crippen LogP contribution in [-0.2, 0) is 21.2 Å². The number of sulfone groups is 1. The molecule has 152 valence electrons. The van der Waals surface area contributed by atoms with E-state index >= 15 is 0 Å². The molecule has 1 aromatic heterocycles. The normalized spacial score (nSPS) is 18.4. The number of rotatable bonds is 6. The van der Waals surface area contributed by atoms with Gasteiger partial charge in [-0.25, -0.2) is 21.9 Å². The van der Waals surface area contributed by atoms with Crippen molar-refractivity contribution in [1.82, 2.24) is 15.1 Å². The number of halogens is 3. The number of benzene rings is 1. The number of hydrogen-bond donors (Lipinski definition) is 2. The van der Waals surface area contributed by atoms with E-state index in [2.05, 4.69) is 15.7 Å². The monoisotopic (exact) mass is 432 g/mol. The molecule has 1 atom stereocenters. The van der Waals surface area contributed by atoms with Crippen LogP contribution in [0.1, 0.15) is 23.7 Å². The number of aromatic nitrogens is 2. The summed E-state index contributed by atoms with van der Waals surface area (Å²) in [5, 5.41) is 10.1. The first-order valence-corrected chi connectivity index (χ1v) is 10.8. The topological polar surface area (TPSA) is 93.1 Å². The van der Waals surface area contributed by atoms with Crippen molar-refractivity contribution in [2.75, 3.05) is 23.4 Å². The molecule has 28 heavy (non-hydrogen) atoms. The molecule has 0 radical (unpaired) electrons. The number of hydrogen-bond acceptors (Lipinski definition) is 5. The summed E-state index contributed by atoms with van der Waals surface area (Å²) in [6.45, 7) is 1.91. The third-order valence-corrected chi connectivity index (χ3v) is 6.64. The molecule has 1 amide bonds. The van der Waals surface area contributed by atoms with E-state index in [0.29, 0.717) is 22.8 Å². The zero-order valence-corrected chi connectivity index (χ0v) is 16.6. The van der Waals surface area contributed by atoms with Gasteiger partial charge in [0.05, 0.1) is 29.8 Å². The summed E-state index contributed by atoms with van der Waals surface area (Å²) in [6, 6.07) is 2.80. The van der Waals surface area contributed by atoms with Crippen LogP contribution in [0.3, 0.4) is 0 Å². The van der Waals surface area contributed by atoms with Gasteiger partial charge >= 0.3 is 0 Å². The maximum absolute atomic E-state index is 13.2. The lowest BCUT2D eigenvalue weighted by atomic mass is 10.2. The van der Waals surface area contributed by atoms with Crippen molar-refractivity contribution < 1.29 is 22.0 Å². The number of nitrogens with one attached hydrogen (secondary N) is 2. The smallest absolute Gasteiger partial charge is 0.238 e. The lowest BCUT2D eigenvalue weighted by molar-refractivity contribution is -0.115. The molecule has 0 aliphatic carbocycles. The Hall–Kier alpha value is -2.04. The molecule has 1 fully saturated rings. The summed E-state index contributed by atoms with van der Waals surface area (Å²) < 4.78 is 50.9. The highest BCUT2D eigenvalue weighted by Crippen LogP contribution is 2.29. The number of aryl methyl sites for hydroxylation is 1. The fourth-order valence-electron chi connectivity index (χ4n) is 3.04. The van der Waals surface area contributed by atoms with Crippen LogP contribution in [0.5, 0.6) is 0 Å². The Morgan fingerprint density at radius 2 is 2.11 bits per heavy atom. The Morgan fingerprint density at radius 1 is 1.36 bits per heavy atom. The molecule has 7 nitrogen and oxygen atoms in total. The molecule has 1 aromatic carbocycles. The predicted octanol–water partition coefficient (Wildman–Crippen LogP) is 2.21. The Bertz CT molecular complexity index is 1010. The molecule has 2 N–H and O–H groups in total. The van der Waals surface area contributed by atoms with Crippen LogP contribution in [0.2, 0.25) is 5.15 Å². The summed E-state index contributed by atoms with van der Waals surface area (Å²) in [4.78, 5) is 11.9. The summed E-state index contributed by atoms with van der Waals surface area (Å²) in [7, 11) is -3.07. The molecule has 1 saturated heterocycles. The molecule has 2 heterocycles. The van der Waals surface area contributed by atoms with Gasteiger partial charge in [-0.15, -0.1) is 0 Å². The van der Waals surface area contributed by atoms with Gasteiger partial charge in [0.2, 0.25) is 5.91 Å². The molecule has 0 saturated carbocycles. The molecule has 11 heteroatoms. The van der Waals surface area contributed by atoms with Gasteiger partial charge in [-0.1, -0.05) is 11.6 Å². The Morgan fingerprint density at radius 3 is 2.75 bits per heavy atom. The molecule has 2 aromatic rings. The van der Waals surface area contributed by atoms with Crippen molar-refractivity contribution in [2.24, 2.45) is 0 Å². The van der Waals surface area contributed by atoms with Crippen molar-refractivity contribution in [3.05, 3.63) is 46.2 Å². The maximum Gasteiger partial charge on any atom is 0.238 e. The van der Waals surface area contributed by atoms with E-state index in [1.54, 1.807) is 6.92 Å². The van der Waals surface area contributed by atoms with Crippen molar-refractivity contribution >= 4 is 33.0 Å². The maximum atomic E-state index is 13.2. The van der Waals surface area contributed by atoms with Gasteiger partial charge in [0.25, 0.3) is 0 Å². The van der Waals surface area contributed by atoms with E-state index in [-0.39, 0.29) is 36.3 Å². The van der Waals surface area contributed by atoms with Gasteiger partial charge in [0, 0.05) is 23.9 Å². The number of carbonyl (C=O) groups is 1. The molecule has 3 rings (SSSR count). The van der Waals surface area contributed by atoms with Crippen LogP contribution < -0.4 is 10.6 Å². The Balaban J connectivity index is 1.57. The highest BCUT2D eigenvalue weighted by molar-refractivity contribution is 7.91. The van der Waals surface area contributed by atoms with E-state index in [1.165, 1.54) is 10.7 Å². The summed E-state index contributed by atoms with van der Waals surface area (Å²) in [5.74, 6) is -2.35. The predicted molar refractivity (Wildman–Crippen MR) is 101 cm³/mol. The second-order valence-electron chi connectivity index (χ2n) is 6.64. The van der Waals surface area contributed by atoms with E-state index in [9.17, 15) is 22.0 Å². The first kappa shape index (κ1) is 20.7. The molecule has 1 unspecified atom stereocenters. The summed E-state index contributed by atoms with van der Waals surface area (Å²) >= 11 is 6.37. The fourth-order valence-corrected chi connectivity index (χ4v) is 5.12. The third-order valence-electron chi connectivity index (χ3n) is 4.49. The SMILES string of the molecule is Cc1nn(C2CCS(=O)(=O)C2)c(Cl)c1CNCC(=O)Nc1ccc(F)c(F)c1. The van der Waals surface area contributed by atoms with E-state index < -0.39 is 27.4 Å². The van der Waals surface area contributed by atoms with Crippen molar-refractivity contribution in [3.63, 3.8) is 0 Å². The van der Waals surface area contributed by atoms with Crippen LogP contribution in [0.15, 0.2) is 18.2 Å². The second-order valence-corrected chi connectivity index (χ2v) is 9.22. The van der Waals surface area contributed by atoms with Crippen molar-refractivity contribution in [2.45, 2.75) is 25.9 Å². The van der Waals surface area contributed by atoms with Gasteiger partial charge < -0.3 is 10.6 Å². The van der Waals surface area contributed by atoms with E-state index in [4.69, 9.17) is 11.6 Å². The largest absolute Gasteiger partial charge is 0.325 e. The Labute approximate surface area is 166 Å². The quantitative estimate of drug-likeness (QED) is 0.730. The third kappa shape index (κ3) is 4.68. The molecule has 1 aliphatic heterocycles. The minimum atomic E-state index is -3.07. The summed E-state index contributed by atoms with van der Waals surface area (Å²) in [6.07, 6.45) is 0.465. The van der Waals surface area contributed by atoms with Crippen LogP contribution in [0, 0.1) is 18.6 Å². The molecule has 1 aliphatic rings. The first-order chi connectivity index (χ1) is 13.2. The van der Waals surface area contributed by atoms with E-state index in [1.807, 2.05) is 0 Å². The van der Waals surface area contributed by atoms with E-state index in [0.717, 1.165) is 12.1 Å². The number of nitrogens with zero attached hydrogens (tertiary/aromatic N) is 2. The van der Waals surface area contributed by atoms with Gasteiger partial charge in [-0.2, -0.15) is 5.10 Å². The van der Waals surface area contributed by atoms with Crippen LogP contribution in [0.4, 0.5) is 14.5 Å². The minimum absolute atomic E-state index is 0.0113. The van der Waals surface area contributed by atoms with Crippen LogP contribution in [-0.4, -0.2) is 42.2 Å². The average molecular weight is 433 g/mol. The number of anilines is 1. The lowest BCUT2D eigenvalue weighted by Gasteiger charge is -2.10. The van der Waals surface area contributed by atoms with Gasteiger partial charge in [-0.3, -0.25) is 4.79 Å². The highest BCUT2D eigenvalue weighted by Gasteiger charge is 2.32. The average Bonchev–Trinajstić information content (AvgIpc) is 3.11. The summed E-state index contributed by atoms with van der Waals surface area (Å²) in [5.41, 5.74) is 1.46. The molecule has 0 bridgehead atoms. The molecular formula is C17H19ClF2N4O3S. The second kappa shape index (κ2) is 8.14. The highest BCUT2D eigenvalue weighted by atomic mass is 35.5. The van der Waals surface area contributed by atoms with Gasteiger partial charge in [0.15, 0.2) is 21.5 Å². The van der Waals surface area contributed by atoms with Crippen LogP contribution >= 0.6 is 11.6 Å². The first-order valence-electron chi connectivity index (χ1n) is 8.56. The molecular weight excluding hydrogens is 414 g/mol. The zero-order chi connectivity index (χ0) is 20.5.